The lowest BCUT2D eigenvalue weighted by atomic mass is 9.93. The molecular weight excluding hydrogens is 383 g/mol. The molecule has 3 aliphatic rings. The summed E-state index contributed by atoms with van der Waals surface area (Å²) < 4.78 is 13.7. The third-order valence-corrected chi connectivity index (χ3v) is 7.08. The normalized spacial score (nSPS) is 27.2. The number of urea groups is 1. The zero-order valence-corrected chi connectivity index (χ0v) is 18.0. The first-order chi connectivity index (χ1) is 14.5. The summed E-state index contributed by atoms with van der Waals surface area (Å²) in [7, 11) is 0. The maximum atomic E-state index is 13.7. The Kier molecular flexibility index (Phi) is 6.27. The van der Waals surface area contributed by atoms with E-state index < -0.39 is 0 Å². The van der Waals surface area contributed by atoms with Crippen LogP contribution in [0.1, 0.15) is 52.4 Å². The van der Waals surface area contributed by atoms with Crippen molar-refractivity contribution in [2.75, 3.05) is 24.5 Å². The average Bonchev–Trinajstić information content (AvgIpc) is 2.98. The maximum absolute atomic E-state index is 13.7. The van der Waals surface area contributed by atoms with E-state index in [4.69, 9.17) is 0 Å². The lowest BCUT2D eigenvalue weighted by Crippen LogP contribution is -2.57. The van der Waals surface area contributed by atoms with Gasteiger partial charge in [-0.15, -0.1) is 0 Å². The first-order valence-corrected chi connectivity index (χ1v) is 11.3. The molecule has 1 aromatic carbocycles. The molecule has 30 heavy (non-hydrogen) atoms. The number of anilines is 1. The van der Waals surface area contributed by atoms with Crippen molar-refractivity contribution in [2.24, 2.45) is 0 Å². The molecule has 3 aliphatic heterocycles. The van der Waals surface area contributed by atoms with Crippen LogP contribution < -0.4 is 10.2 Å². The third-order valence-electron chi connectivity index (χ3n) is 7.08. The largest absolute Gasteiger partial charge is 0.338 e. The molecule has 6 nitrogen and oxygen atoms in total. The smallest absolute Gasteiger partial charge is 0.317 e. The van der Waals surface area contributed by atoms with E-state index in [9.17, 15) is 14.0 Å². The van der Waals surface area contributed by atoms with Crippen LogP contribution >= 0.6 is 0 Å². The Hall–Kier alpha value is -2.15. The summed E-state index contributed by atoms with van der Waals surface area (Å²) in [5.74, 6) is -0.349. The Morgan fingerprint density at radius 1 is 1.10 bits per heavy atom. The third kappa shape index (κ3) is 4.17. The molecule has 3 heterocycles. The monoisotopic (exact) mass is 416 g/mol. The topological polar surface area (TPSA) is 55.9 Å². The van der Waals surface area contributed by atoms with Gasteiger partial charge in [0.25, 0.3) is 0 Å². The van der Waals surface area contributed by atoms with Crippen LogP contribution in [0, 0.1) is 5.82 Å². The van der Waals surface area contributed by atoms with E-state index >= 15 is 0 Å². The number of fused-ring (bicyclic) bond motifs is 2. The Labute approximate surface area is 178 Å². The fourth-order valence-corrected chi connectivity index (χ4v) is 5.81. The van der Waals surface area contributed by atoms with Crippen molar-refractivity contribution < 1.29 is 14.0 Å². The number of amides is 3. The molecule has 0 aromatic heterocycles. The number of halogens is 1. The molecule has 1 N–H and O–H groups in total. The van der Waals surface area contributed by atoms with E-state index in [1.54, 1.807) is 17.9 Å². The van der Waals surface area contributed by atoms with Crippen molar-refractivity contribution in [3.63, 3.8) is 0 Å². The number of carbonyl (C=O) groups is 2. The van der Waals surface area contributed by atoms with Gasteiger partial charge in [-0.05, 0) is 63.6 Å². The molecule has 0 radical (unpaired) electrons. The lowest BCUT2D eigenvalue weighted by molar-refractivity contribution is -0.117. The Bertz CT molecular complexity index is 766. The summed E-state index contributed by atoms with van der Waals surface area (Å²) in [6, 6.07) is 7.72. The van der Waals surface area contributed by atoms with Gasteiger partial charge in [0.2, 0.25) is 5.91 Å². The molecule has 3 fully saturated rings. The molecule has 0 aliphatic carbocycles. The van der Waals surface area contributed by atoms with Gasteiger partial charge in [0.1, 0.15) is 5.82 Å². The van der Waals surface area contributed by atoms with Crippen LogP contribution in [-0.4, -0.2) is 65.5 Å². The molecule has 2 unspecified atom stereocenters. The molecule has 7 heteroatoms. The minimum absolute atomic E-state index is 0.0349. The Balaban J connectivity index is 1.37. The van der Waals surface area contributed by atoms with Gasteiger partial charge in [0.05, 0.1) is 0 Å². The summed E-state index contributed by atoms with van der Waals surface area (Å²) in [6.45, 7) is 6.07. The highest BCUT2D eigenvalue weighted by atomic mass is 19.1. The molecule has 2 bridgehead atoms. The van der Waals surface area contributed by atoms with Crippen molar-refractivity contribution in [1.82, 2.24) is 15.1 Å². The minimum atomic E-state index is -0.314. The zero-order chi connectivity index (χ0) is 21.3. The zero-order valence-electron chi connectivity index (χ0n) is 18.0. The number of nitrogens with one attached hydrogen (secondary N) is 1. The molecule has 164 valence electrons. The van der Waals surface area contributed by atoms with Crippen molar-refractivity contribution in [2.45, 2.75) is 76.5 Å². The van der Waals surface area contributed by atoms with E-state index in [0.29, 0.717) is 30.4 Å². The van der Waals surface area contributed by atoms with Crippen molar-refractivity contribution in [3.05, 3.63) is 30.1 Å². The van der Waals surface area contributed by atoms with Crippen LogP contribution in [0.25, 0.3) is 0 Å². The number of piperidine rings is 2. The number of hydrogen-bond acceptors (Lipinski definition) is 3. The van der Waals surface area contributed by atoms with Gasteiger partial charge in [-0.2, -0.15) is 0 Å². The summed E-state index contributed by atoms with van der Waals surface area (Å²) in [4.78, 5) is 31.2. The molecule has 0 spiro atoms. The molecule has 3 amide bonds. The van der Waals surface area contributed by atoms with Gasteiger partial charge in [-0.1, -0.05) is 6.07 Å². The minimum Gasteiger partial charge on any atom is -0.338 e. The SMILES string of the molecule is CCNC(=O)N1C2CCC1CC(N1CCC(N(C(C)=O)c3cccc(F)c3)CC1)C2. The first-order valence-electron chi connectivity index (χ1n) is 11.3. The highest BCUT2D eigenvalue weighted by Crippen LogP contribution is 2.38. The van der Waals surface area contributed by atoms with E-state index in [1.165, 1.54) is 12.1 Å². The average molecular weight is 417 g/mol. The molecule has 3 saturated heterocycles. The van der Waals surface area contributed by atoms with Crippen LogP contribution in [0.15, 0.2) is 24.3 Å². The number of carbonyl (C=O) groups excluding carboxylic acids is 2. The number of nitrogens with zero attached hydrogens (tertiary/aromatic N) is 3. The van der Waals surface area contributed by atoms with Crippen LogP contribution in [0.5, 0.6) is 0 Å². The van der Waals surface area contributed by atoms with Crippen molar-refractivity contribution in [1.29, 1.82) is 0 Å². The molecule has 4 rings (SSSR count). The van der Waals surface area contributed by atoms with E-state index in [2.05, 4.69) is 15.1 Å². The van der Waals surface area contributed by atoms with Crippen LogP contribution in [0.3, 0.4) is 0 Å². The maximum Gasteiger partial charge on any atom is 0.317 e. The highest BCUT2D eigenvalue weighted by Gasteiger charge is 2.45. The summed E-state index contributed by atoms with van der Waals surface area (Å²) in [5, 5.41) is 2.97. The van der Waals surface area contributed by atoms with Gasteiger partial charge in [-0.25, -0.2) is 9.18 Å². The summed E-state index contributed by atoms with van der Waals surface area (Å²) in [5.41, 5.74) is 0.647. The molecule has 2 atom stereocenters. The number of rotatable bonds is 4. The Morgan fingerprint density at radius 2 is 1.77 bits per heavy atom. The van der Waals surface area contributed by atoms with Crippen molar-refractivity contribution >= 4 is 17.6 Å². The number of likely N-dealkylation sites (tertiary alicyclic amines) is 1. The van der Waals surface area contributed by atoms with Gasteiger partial charge >= 0.3 is 6.03 Å². The second-order valence-electron chi connectivity index (χ2n) is 8.89. The molecular formula is C23H33FN4O2. The summed E-state index contributed by atoms with van der Waals surface area (Å²) >= 11 is 0. The van der Waals surface area contributed by atoms with E-state index in [-0.39, 0.29) is 23.8 Å². The van der Waals surface area contributed by atoms with Crippen LogP contribution in [0.4, 0.5) is 14.9 Å². The predicted molar refractivity (Wildman–Crippen MR) is 115 cm³/mol. The lowest BCUT2D eigenvalue weighted by Gasteiger charge is -2.46. The second-order valence-corrected chi connectivity index (χ2v) is 8.89. The fraction of sp³-hybridized carbons (Fsp3) is 0.652. The van der Waals surface area contributed by atoms with Gasteiger partial charge in [-0.3, -0.25) is 4.79 Å². The van der Waals surface area contributed by atoms with Crippen molar-refractivity contribution in [3.8, 4) is 0 Å². The quantitative estimate of drug-likeness (QED) is 0.819. The fourth-order valence-electron chi connectivity index (χ4n) is 5.81. The number of hydrogen-bond donors (Lipinski definition) is 1. The van der Waals surface area contributed by atoms with Crippen LogP contribution in [-0.2, 0) is 4.79 Å². The van der Waals surface area contributed by atoms with Gasteiger partial charge in [0.15, 0.2) is 0 Å². The predicted octanol–water partition coefficient (Wildman–Crippen LogP) is 3.37. The summed E-state index contributed by atoms with van der Waals surface area (Å²) in [6.07, 6.45) is 6.07. The Morgan fingerprint density at radius 3 is 2.33 bits per heavy atom. The standard InChI is InChI=1S/C23H33FN4O2/c1-3-25-23(30)28-20-7-8-21(28)15-22(14-20)26-11-9-18(10-12-26)27(16(2)29)19-6-4-5-17(24)13-19/h4-6,13,18,20-22H,3,7-12,14-15H2,1-2H3,(H,25,30). The van der Waals surface area contributed by atoms with Gasteiger partial charge < -0.3 is 20.0 Å². The molecule has 1 aromatic rings. The van der Waals surface area contributed by atoms with E-state index in [1.807, 2.05) is 13.0 Å². The van der Waals surface area contributed by atoms with Crippen LogP contribution in [0.2, 0.25) is 0 Å². The van der Waals surface area contributed by atoms with E-state index in [0.717, 1.165) is 51.6 Å². The molecule has 0 saturated carbocycles. The second kappa shape index (κ2) is 8.92. The highest BCUT2D eigenvalue weighted by molar-refractivity contribution is 5.92. The van der Waals surface area contributed by atoms with Gasteiger partial charge in [0, 0.05) is 56.4 Å². The number of benzene rings is 1. The first kappa shape index (κ1) is 21.1.